The third kappa shape index (κ3) is 21.8. The number of amides is 1. The maximum absolute atomic E-state index is 12.6. The Morgan fingerprint density at radius 3 is 1.02 bits per heavy atom. The molecule has 0 radical (unpaired) electrons. The number of fused-ring (bicyclic) bond motifs is 12. The van der Waals surface area contributed by atoms with Crippen LogP contribution >= 0.6 is 46.4 Å². The van der Waals surface area contributed by atoms with Gasteiger partial charge in [0.2, 0.25) is 5.91 Å². The van der Waals surface area contributed by atoms with E-state index in [2.05, 4.69) is 46.3 Å². The molecule has 4 aromatic heterocycles. The lowest BCUT2D eigenvalue weighted by atomic mass is 10.0. The lowest BCUT2D eigenvalue weighted by molar-refractivity contribution is -0.175. The van der Waals surface area contributed by atoms with Crippen LogP contribution < -0.4 is 59.6 Å². The molecule has 13 rings (SSSR count). The van der Waals surface area contributed by atoms with Crippen LogP contribution in [0.2, 0.25) is 20.1 Å². The summed E-state index contributed by atoms with van der Waals surface area (Å²) < 4.78 is 95.5. The molecule has 1 amide bonds. The summed E-state index contributed by atoms with van der Waals surface area (Å²) in [5, 5.41) is 1.50. The van der Waals surface area contributed by atoms with Crippen molar-refractivity contribution in [3.05, 3.63) is 181 Å². The maximum atomic E-state index is 12.6. The van der Waals surface area contributed by atoms with E-state index in [1.54, 1.807) is 73.2 Å². The van der Waals surface area contributed by atoms with Crippen LogP contribution in [-0.2, 0) is 9.53 Å². The molecule has 23 nitrogen and oxygen atoms in total. The van der Waals surface area contributed by atoms with Gasteiger partial charge in [-0.1, -0.05) is 102 Å². The molecule has 4 aliphatic heterocycles. The number of Topliss-reactive ketones (excluding diaryl/α,β-unsaturated/α-hetero) is 4. The molecule has 4 atom stereocenters. The SMILES string of the molecule is CC(=O)c1cn2c(cc1=O)-c1cc(Cl)c(OCC3CC3)cc1OC[C@H]2C(C)C.CC(=O)c1cn2c(cc1=O)-c1cc(Cl)c(OCCOCC(F)(F)F)cc1OC[C@H]2C(C)C.CCN(CC)C(=O)CCCOc1cc2c(cc1Cl)-c1cc(=O)c(C(C)=O)cn1[C@H](C(C)C)CO2.COc1cc2c(cc1Cl)-c1cc(=O)c(C(C)=O)cn1[C@H](C(C)C)CO2. The quantitative estimate of drug-likeness (QED) is 0.0402. The maximum Gasteiger partial charge on any atom is 0.411 e. The number of ketones is 4. The number of pyridine rings is 4. The Labute approximate surface area is 708 Å². The van der Waals surface area contributed by atoms with Gasteiger partial charge in [-0.05, 0) is 115 Å². The van der Waals surface area contributed by atoms with Crippen LogP contribution in [-0.4, -0.2) is 138 Å². The molecule has 1 saturated carbocycles. The molecule has 5 aliphatic rings. The Kier molecular flexibility index (Phi) is 30.4. The molecule has 638 valence electrons. The number of carbonyl (C=O) groups excluding carboxylic acids is 5. The number of methoxy groups -OCH3 is 1. The van der Waals surface area contributed by atoms with Gasteiger partial charge in [0, 0.05) is 115 Å². The van der Waals surface area contributed by atoms with Crippen molar-refractivity contribution >= 4 is 75.4 Å². The summed E-state index contributed by atoms with van der Waals surface area (Å²) >= 11 is 25.6. The summed E-state index contributed by atoms with van der Waals surface area (Å²) in [6.07, 6.45) is 5.46. The molecule has 4 aromatic carbocycles. The minimum Gasteiger partial charge on any atom is -0.495 e. The highest BCUT2D eigenvalue weighted by atomic mass is 35.5. The number of hydrogen-bond acceptors (Lipinski definition) is 18. The van der Waals surface area contributed by atoms with Gasteiger partial charge in [-0.25, -0.2) is 0 Å². The molecular formula is C89H100Cl4F3N5O18. The number of aromatic nitrogens is 4. The third-order valence-corrected chi connectivity index (χ3v) is 22.5. The Balaban J connectivity index is 0.000000168. The predicted molar refractivity (Wildman–Crippen MR) is 452 cm³/mol. The number of halogens is 7. The van der Waals surface area contributed by atoms with Gasteiger partial charge in [0.25, 0.3) is 0 Å². The fourth-order valence-electron chi connectivity index (χ4n) is 14.2. The lowest BCUT2D eigenvalue weighted by Crippen LogP contribution is -2.30. The highest BCUT2D eigenvalue weighted by Crippen LogP contribution is 2.48. The van der Waals surface area contributed by atoms with Gasteiger partial charge < -0.3 is 65.8 Å². The van der Waals surface area contributed by atoms with Crippen LogP contribution in [0.5, 0.6) is 46.0 Å². The molecule has 119 heavy (non-hydrogen) atoms. The largest absolute Gasteiger partial charge is 0.495 e. The standard InChI is InChI=1S/C26H33ClN2O5.C22H23ClF3NO5.C22H24ClNO4.C19H20ClNO4/c1-6-28(7-2)26(32)9-8-10-33-25-13-24-18(11-20(25)27)21-12-23(31)19(17(5)30)14-29(21)22(15-34-24)16(3)4;1-12(2)18-10-32-20-8-21(31-5-4-30-11-22(24,25)26)16(23)6-14(20)17-7-19(29)15(13(3)28)9-27(17)18;1-12(2)19-11-28-21-8-22(27-10-14-4-5-14)17(23)6-15(21)18-7-20(26)16(13(3)25)9-24(18)19;1-10(2)16-9-25-18-7-19(24-4)14(20)5-12(18)15-6-17(23)13(11(3)22)8-21(15)16/h11-14,16,22H,6-10,15H2,1-5H3;6-9,12,18H,4-5,10-11H2,1-3H3;6-9,12,14,19H,4-5,10-11H2,1-3H3;5-8,10,16H,9H2,1-4H3/t22-;18-;19-;16-/m0000/s1. The molecule has 1 fully saturated rings. The van der Waals surface area contributed by atoms with Crippen molar-refractivity contribution in [2.45, 2.75) is 153 Å². The Bertz CT molecular complexity index is 5390. The summed E-state index contributed by atoms with van der Waals surface area (Å²) in [5.41, 5.74) is 4.54. The third-order valence-electron chi connectivity index (χ3n) is 21.3. The second kappa shape index (κ2) is 39.6. The molecule has 0 N–H and O–H groups in total. The number of carbonyl (C=O) groups is 5. The monoisotopic (exact) mass is 1720 g/mol. The molecule has 8 heterocycles. The van der Waals surface area contributed by atoms with Crippen LogP contribution in [0.4, 0.5) is 13.2 Å². The van der Waals surface area contributed by atoms with E-state index in [9.17, 15) is 56.3 Å². The fraction of sp³-hybridized carbons (Fsp3) is 0.449. The van der Waals surface area contributed by atoms with Gasteiger partial charge in [-0.15, -0.1) is 0 Å². The topological polar surface area (TPSA) is 260 Å². The van der Waals surface area contributed by atoms with Gasteiger partial charge in [0.1, 0.15) is 85.6 Å². The van der Waals surface area contributed by atoms with Crippen LogP contribution in [0.25, 0.3) is 45.0 Å². The van der Waals surface area contributed by atoms with Crippen molar-refractivity contribution in [3.63, 3.8) is 0 Å². The summed E-state index contributed by atoms with van der Waals surface area (Å²) in [7, 11) is 1.54. The summed E-state index contributed by atoms with van der Waals surface area (Å²) in [4.78, 5) is 112. The molecule has 30 heteroatoms. The Hall–Kier alpha value is -9.86. The van der Waals surface area contributed by atoms with Gasteiger partial charge in [0.05, 0.1) is 116 Å². The number of alkyl halides is 3. The lowest BCUT2D eigenvalue weighted by Gasteiger charge is -2.24. The molecule has 0 bridgehead atoms. The zero-order chi connectivity index (χ0) is 86.9. The fourth-order valence-corrected chi connectivity index (χ4v) is 15.1. The van der Waals surface area contributed by atoms with Crippen molar-refractivity contribution < 1.29 is 79.8 Å². The minimum atomic E-state index is -4.41. The van der Waals surface area contributed by atoms with Crippen LogP contribution in [0.1, 0.15) is 188 Å². The van der Waals surface area contributed by atoms with E-state index in [0.29, 0.717) is 160 Å². The van der Waals surface area contributed by atoms with Crippen LogP contribution in [0.15, 0.2) is 117 Å². The van der Waals surface area contributed by atoms with Crippen molar-refractivity contribution in [3.8, 4) is 91.0 Å². The van der Waals surface area contributed by atoms with Crippen molar-refractivity contribution in [2.75, 3.05) is 79.7 Å². The van der Waals surface area contributed by atoms with E-state index in [4.69, 9.17) is 84.3 Å². The first-order chi connectivity index (χ1) is 56.3. The Morgan fingerprint density at radius 2 is 0.739 bits per heavy atom. The average Bonchev–Trinajstić information content (AvgIpc) is 1.72. The molecular weight excluding hydrogens is 1630 g/mol. The first-order valence-corrected chi connectivity index (χ1v) is 41.1. The van der Waals surface area contributed by atoms with Crippen molar-refractivity contribution in [2.24, 2.45) is 29.6 Å². The number of hydrogen-bond donors (Lipinski definition) is 0. The summed E-state index contributed by atoms with van der Waals surface area (Å²) in [6, 6.07) is 19.3. The van der Waals surface area contributed by atoms with Gasteiger partial charge in [-0.3, -0.25) is 43.2 Å². The van der Waals surface area contributed by atoms with Crippen molar-refractivity contribution in [1.82, 2.24) is 23.2 Å². The number of rotatable bonds is 24. The smallest absolute Gasteiger partial charge is 0.411 e. The second-order valence-corrected chi connectivity index (χ2v) is 32.8. The molecule has 1 aliphatic carbocycles. The van der Waals surface area contributed by atoms with Crippen LogP contribution in [0, 0.1) is 29.6 Å². The first-order valence-electron chi connectivity index (χ1n) is 39.6. The zero-order valence-electron chi connectivity index (χ0n) is 69.3. The van der Waals surface area contributed by atoms with Crippen molar-refractivity contribution in [1.29, 1.82) is 0 Å². The highest BCUT2D eigenvalue weighted by Gasteiger charge is 2.35. The second-order valence-electron chi connectivity index (χ2n) is 31.2. The molecule has 0 spiro atoms. The Morgan fingerprint density at radius 1 is 0.445 bits per heavy atom. The molecule has 0 saturated heterocycles. The first kappa shape index (κ1) is 91.4. The average molecular weight is 1730 g/mol. The zero-order valence-corrected chi connectivity index (χ0v) is 72.3. The van der Waals surface area contributed by atoms with E-state index >= 15 is 0 Å². The predicted octanol–water partition coefficient (Wildman–Crippen LogP) is 18.6. The molecule has 8 aromatic rings. The normalized spacial score (nSPS) is 15.9. The summed E-state index contributed by atoms with van der Waals surface area (Å²) in [6.45, 7) is 28.1. The highest BCUT2D eigenvalue weighted by molar-refractivity contribution is 6.33. The van der Waals surface area contributed by atoms with E-state index in [1.807, 2.05) is 52.0 Å². The van der Waals surface area contributed by atoms with Crippen LogP contribution in [0.3, 0.4) is 0 Å². The number of nitrogens with zero attached hydrogens (tertiary/aromatic N) is 5. The number of benzene rings is 4. The van der Waals surface area contributed by atoms with E-state index in [1.165, 1.54) is 70.9 Å². The number of ether oxygens (including phenoxy) is 9. The van der Waals surface area contributed by atoms with Gasteiger partial charge in [0.15, 0.2) is 44.8 Å². The minimum absolute atomic E-state index is 0.0179. The molecule has 0 unspecified atom stereocenters. The van der Waals surface area contributed by atoms with E-state index in [0.717, 1.165) is 5.56 Å². The van der Waals surface area contributed by atoms with E-state index < -0.39 is 18.2 Å². The van der Waals surface area contributed by atoms with Gasteiger partial charge in [-0.2, -0.15) is 13.2 Å². The van der Waals surface area contributed by atoms with Gasteiger partial charge >= 0.3 is 6.18 Å². The van der Waals surface area contributed by atoms with E-state index in [-0.39, 0.29) is 146 Å². The summed E-state index contributed by atoms with van der Waals surface area (Å²) in [5.74, 6) is 4.47.